The van der Waals surface area contributed by atoms with Crippen LogP contribution in [-0.4, -0.2) is 6.04 Å². The summed E-state index contributed by atoms with van der Waals surface area (Å²) in [5.41, 5.74) is 2.52. The maximum absolute atomic E-state index is 5.39. The van der Waals surface area contributed by atoms with Gasteiger partial charge >= 0.3 is 0 Å². The van der Waals surface area contributed by atoms with Crippen LogP contribution in [0.1, 0.15) is 30.5 Å². The van der Waals surface area contributed by atoms with Gasteiger partial charge in [0.05, 0.1) is 6.04 Å². The second-order valence-electron chi connectivity index (χ2n) is 4.73. The first-order valence-electron chi connectivity index (χ1n) is 6.60. The lowest BCUT2D eigenvalue weighted by molar-refractivity contribution is 0.506. The standard InChI is InChI=1S/C18H19N.ClH/c1-3-10-15(2)19-18(16-11-6-4-7-12-16)17-13-8-5-9-14-17;/h1,4-9,11-15,18-19H,10H2,2H3;1H. The molecule has 0 saturated heterocycles. The van der Waals surface area contributed by atoms with Gasteiger partial charge in [0, 0.05) is 12.5 Å². The smallest absolute Gasteiger partial charge is 0.0579 e. The lowest BCUT2D eigenvalue weighted by Crippen LogP contribution is -2.31. The van der Waals surface area contributed by atoms with E-state index in [9.17, 15) is 0 Å². The predicted molar refractivity (Wildman–Crippen MR) is 88.0 cm³/mol. The van der Waals surface area contributed by atoms with Crippen molar-refractivity contribution >= 4 is 12.4 Å². The Bertz CT molecular complexity index is 491. The number of terminal acetylenes is 1. The van der Waals surface area contributed by atoms with Crippen molar-refractivity contribution < 1.29 is 0 Å². The predicted octanol–water partition coefficient (Wildman–Crippen LogP) is 4.20. The van der Waals surface area contributed by atoms with Crippen molar-refractivity contribution in [3.63, 3.8) is 0 Å². The Labute approximate surface area is 127 Å². The van der Waals surface area contributed by atoms with Gasteiger partial charge in [0.1, 0.15) is 0 Å². The summed E-state index contributed by atoms with van der Waals surface area (Å²) >= 11 is 0. The zero-order valence-electron chi connectivity index (χ0n) is 11.6. The molecule has 0 heterocycles. The molecule has 0 saturated carbocycles. The third-order valence-electron chi connectivity index (χ3n) is 3.14. The summed E-state index contributed by atoms with van der Waals surface area (Å²) in [5.74, 6) is 2.71. The molecule has 0 fully saturated rings. The minimum atomic E-state index is 0. The van der Waals surface area contributed by atoms with E-state index in [4.69, 9.17) is 6.42 Å². The number of benzene rings is 2. The summed E-state index contributed by atoms with van der Waals surface area (Å²) in [6.07, 6.45) is 6.12. The van der Waals surface area contributed by atoms with E-state index in [1.165, 1.54) is 11.1 Å². The second kappa shape index (κ2) is 8.43. The average Bonchev–Trinajstić information content (AvgIpc) is 2.47. The summed E-state index contributed by atoms with van der Waals surface area (Å²) in [5, 5.41) is 3.61. The van der Waals surface area contributed by atoms with Gasteiger partial charge in [-0.25, -0.2) is 0 Å². The molecule has 0 aromatic heterocycles. The fourth-order valence-electron chi connectivity index (χ4n) is 2.20. The molecule has 104 valence electrons. The van der Waals surface area contributed by atoms with Crippen LogP contribution >= 0.6 is 12.4 Å². The van der Waals surface area contributed by atoms with E-state index in [1.807, 2.05) is 12.1 Å². The highest BCUT2D eigenvalue weighted by Gasteiger charge is 2.15. The van der Waals surface area contributed by atoms with Crippen LogP contribution in [0.25, 0.3) is 0 Å². The zero-order valence-corrected chi connectivity index (χ0v) is 12.4. The topological polar surface area (TPSA) is 12.0 Å². The molecule has 1 N–H and O–H groups in total. The molecule has 0 aliphatic rings. The van der Waals surface area contributed by atoms with Crippen LogP contribution in [0.15, 0.2) is 60.7 Å². The van der Waals surface area contributed by atoms with Crippen molar-refractivity contribution in [2.75, 3.05) is 0 Å². The van der Waals surface area contributed by atoms with Crippen molar-refractivity contribution in [1.82, 2.24) is 5.32 Å². The molecule has 0 spiro atoms. The molecule has 0 bridgehead atoms. The molecule has 2 aromatic rings. The van der Waals surface area contributed by atoms with E-state index in [1.54, 1.807) is 0 Å². The van der Waals surface area contributed by atoms with Crippen LogP contribution in [0.4, 0.5) is 0 Å². The molecule has 0 aliphatic carbocycles. The number of rotatable bonds is 5. The highest BCUT2D eigenvalue weighted by molar-refractivity contribution is 5.85. The van der Waals surface area contributed by atoms with Crippen molar-refractivity contribution in [3.8, 4) is 12.3 Å². The Morgan fingerprint density at radius 2 is 1.40 bits per heavy atom. The first kappa shape index (κ1) is 16.3. The van der Waals surface area contributed by atoms with Crippen molar-refractivity contribution in [1.29, 1.82) is 0 Å². The van der Waals surface area contributed by atoms with Gasteiger partial charge in [-0.2, -0.15) is 0 Å². The Balaban J connectivity index is 0.00000200. The van der Waals surface area contributed by atoms with E-state index in [-0.39, 0.29) is 24.5 Å². The highest BCUT2D eigenvalue weighted by atomic mass is 35.5. The van der Waals surface area contributed by atoms with E-state index in [2.05, 4.69) is 66.7 Å². The third-order valence-corrected chi connectivity index (χ3v) is 3.14. The minimum absolute atomic E-state index is 0. The summed E-state index contributed by atoms with van der Waals surface area (Å²) in [6.45, 7) is 2.12. The number of hydrogen-bond donors (Lipinski definition) is 1. The summed E-state index contributed by atoms with van der Waals surface area (Å²) < 4.78 is 0. The first-order valence-corrected chi connectivity index (χ1v) is 6.60. The normalized spacial score (nSPS) is 11.4. The van der Waals surface area contributed by atoms with E-state index < -0.39 is 0 Å². The Hall–Kier alpha value is -1.75. The van der Waals surface area contributed by atoms with Gasteiger partial charge < -0.3 is 5.32 Å². The number of hydrogen-bond acceptors (Lipinski definition) is 1. The second-order valence-corrected chi connectivity index (χ2v) is 4.73. The number of halogens is 1. The van der Waals surface area contributed by atoms with E-state index in [0.717, 1.165) is 6.42 Å². The fourth-order valence-corrected chi connectivity index (χ4v) is 2.20. The van der Waals surface area contributed by atoms with Gasteiger partial charge in [-0.1, -0.05) is 60.7 Å². The average molecular weight is 286 g/mol. The third kappa shape index (κ3) is 4.42. The fraction of sp³-hybridized carbons (Fsp3) is 0.222. The summed E-state index contributed by atoms with van der Waals surface area (Å²) in [4.78, 5) is 0. The van der Waals surface area contributed by atoms with Crippen molar-refractivity contribution in [3.05, 3.63) is 71.8 Å². The van der Waals surface area contributed by atoms with Crippen LogP contribution in [0, 0.1) is 12.3 Å². The molecule has 2 aromatic carbocycles. The van der Waals surface area contributed by atoms with Crippen LogP contribution in [-0.2, 0) is 0 Å². The molecule has 1 unspecified atom stereocenters. The number of nitrogens with one attached hydrogen (secondary N) is 1. The van der Waals surface area contributed by atoms with Crippen LogP contribution in [0.5, 0.6) is 0 Å². The van der Waals surface area contributed by atoms with E-state index in [0.29, 0.717) is 0 Å². The van der Waals surface area contributed by atoms with Gasteiger partial charge in [0.15, 0.2) is 0 Å². The Morgan fingerprint density at radius 1 is 0.950 bits per heavy atom. The summed E-state index contributed by atoms with van der Waals surface area (Å²) in [6, 6.07) is 21.4. The molecule has 2 heteroatoms. The quantitative estimate of drug-likeness (QED) is 0.812. The van der Waals surface area contributed by atoms with Gasteiger partial charge in [-0.3, -0.25) is 0 Å². The Kier molecular flexibility index (Phi) is 6.87. The molecule has 20 heavy (non-hydrogen) atoms. The van der Waals surface area contributed by atoms with Crippen LogP contribution in [0.3, 0.4) is 0 Å². The molecule has 0 amide bonds. The monoisotopic (exact) mass is 285 g/mol. The van der Waals surface area contributed by atoms with Crippen LogP contribution in [0.2, 0.25) is 0 Å². The molecule has 1 atom stereocenters. The molecule has 1 nitrogen and oxygen atoms in total. The van der Waals surface area contributed by atoms with Gasteiger partial charge in [0.25, 0.3) is 0 Å². The van der Waals surface area contributed by atoms with Crippen molar-refractivity contribution in [2.24, 2.45) is 0 Å². The largest absolute Gasteiger partial charge is 0.303 e. The molecule has 0 aliphatic heterocycles. The highest BCUT2D eigenvalue weighted by Crippen LogP contribution is 2.22. The lowest BCUT2D eigenvalue weighted by Gasteiger charge is -2.23. The maximum Gasteiger partial charge on any atom is 0.0579 e. The zero-order chi connectivity index (χ0) is 13.5. The molecule has 2 rings (SSSR count). The summed E-state index contributed by atoms with van der Waals surface area (Å²) in [7, 11) is 0. The molecular formula is C18H20ClN. The van der Waals surface area contributed by atoms with E-state index >= 15 is 0 Å². The maximum atomic E-state index is 5.39. The SMILES string of the molecule is C#CCC(C)NC(c1ccccc1)c1ccccc1.Cl. The molecular weight excluding hydrogens is 266 g/mol. The van der Waals surface area contributed by atoms with Crippen LogP contribution < -0.4 is 5.32 Å². The van der Waals surface area contributed by atoms with Gasteiger partial charge in [-0.15, -0.1) is 24.8 Å². The van der Waals surface area contributed by atoms with Crippen molar-refractivity contribution in [2.45, 2.75) is 25.4 Å². The lowest BCUT2D eigenvalue weighted by atomic mass is 9.97. The minimum Gasteiger partial charge on any atom is -0.303 e. The van der Waals surface area contributed by atoms with Gasteiger partial charge in [-0.05, 0) is 18.1 Å². The van der Waals surface area contributed by atoms with Gasteiger partial charge in [0.2, 0.25) is 0 Å². The Morgan fingerprint density at radius 3 is 1.80 bits per heavy atom. The molecule has 0 radical (unpaired) electrons. The first-order chi connectivity index (χ1) is 9.31.